The molecule has 0 heterocycles. The van der Waals surface area contributed by atoms with Crippen molar-refractivity contribution in [2.45, 2.75) is 95.9 Å². The monoisotopic (exact) mass is 815 g/mol. The molecule has 292 valence electrons. The quantitative estimate of drug-likeness (QED) is 0.241. The van der Waals surface area contributed by atoms with Crippen LogP contribution in [0.15, 0.2) is 94.0 Å². The van der Waals surface area contributed by atoms with Crippen molar-refractivity contribution < 1.29 is 26.4 Å². The smallest absolute Gasteiger partial charge is 0.261 e. The number of rotatable bonds is 4. The van der Waals surface area contributed by atoms with Crippen molar-refractivity contribution >= 4 is 53.5 Å². The molecule has 2 fully saturated rings. The Bertz CT molecular complexity index is 2090. The lowest BCUT2D eigenvalue weighted by Crippen LogP contribution is -2.51. The van der Waals surface area contributed by atoms with Crippen LogP contribution in [0.2, 0.25) is 0 Å². The lowest BCUT2D eigenvalue weighted by molar-refractivity contribution is -0.132. The molecule has 6 rings (SSSR count). The summed E-state index contributed by atoms with van der Waals surface area (Å²) >= 11 is 0. The van der Waals surface area contributed by atoms with Gasteiger partial charge in [0.1, 0.15) is 0 Å². The van der Waals surface area contributed by atoms with Gasteiger partial charge in [-0.3, -0.25) is 0 Å². The molecule has 2 aromatic carbocycles. The second-order valence-electron chi connectivity index (χ2n) is 16.5. The Morgan fingerprint density at radius 3 is 1.50 bits per heavy atom. The number of fused-ring (bicyclic) bond motifs is 2. The van der Waals surface area contributed by atoms with Crippen molar-refractivity contribution in [3.63, 3.8) is 0 Å². The molecule has 0 spiro atoms. The van der Waals surface area contributed by atoms with Gasteiger partial charge in [0, 0.05) is 27.6 Å². The van der Waals surface area contributed by atoms with Crippen LogP contribution < -0.4 is 5.73 Å². The molecule has 0 aromatic heterocycles. The van der Waals surface area contributed by atoms with Gasteiger partial charge in [0.25, 0.3) is 9.05 Å². The largest absolute Gasteiger partial charge is 0.328 e. The molecular formula is C41H51Cl2N3O6S2. The van der Waals surface area contributed by atoms with Crippen LogP contribution in [0.5, 0.6) is 0 Å². The number of Topliss-reactive ketones (excluding diaryl/α,β-unsaturated/α-hetero) is 2. The molecular weight excluding hydrogens is 766 g/mol. The second kappa shape index (κ2) is 16.8. The fourth-order valence-corrected chi connectivity index (χ4v) is 11.9. The summed E-state index contributed by atoms with van der Waals surface area (Å²) in [6.45, 7) is 26.5. The van der Waals surface area contributed by atoms with Gasteiger partial charge in [-0.15, -0.1) is 12.4 Å². The first-order valence-electron chi connectivity index (χ1n) is 17.8. The Morgan fingerprint density at radius 2 is 1.09 bits per heavy atom. The molecule has 0 radical (unpaired) electrons. The van der Waals surface area contributed by atoms with Crippen molar-refractivity contribution in [1.82, 2.24) is 0 Å². The van der Waals surface area contributed by atoms with Crippen LogP contribution in [0.4, 0.5) is 0 Å². The average Bonchev–Trinajstić information content (AvgIpc) is 3.08. The summed E-state index contributed by atoms with van der Waals surface area (Å²) in [5.41, 5.74) is 5.16. The van der Waals surface area contributed by atoms with Gasteiger partial charge < -0.3 is 15.3 Å². The molecule has 2 aromatic rings. The van der Waals surface area contributed by atoms with Crippen molar-refractivity contribution in [1.29, 1.82) is 0 Å². The van der Waals surface area contributed by atoms with Crippen LogP contribution in [-0.4, -0.2) is 40.2 Å². The van der Waals surface area contributed by atoms with E-state index in [2.05, 4.69) is 23.5 Å². The number of carbonyl (C=O) groups is 2. The summed E-state index contributed by atoms with van der Waals surface area (Å²) in [6.07, 6.45) is 8.86. The van der Waals surface area contributed by atoms with Crippen molar-refractivity contribution in [3.8, 4) is 0 Å². The molecule has 0 bridgehead atoms. The predicted molar refractivity (Wildman–Crippen MR) is 215 cm³/mol. The zero-order valence-corrected chi connectivity index (χ0v) is 34.9. The lowest BCUT2D eigenvalue weighted by Gasteiger charge is -2.52. The maximum Gasteiger partial charge on any atom is 0.261 e. The average molecular weight is 817 g/mol. The number of benzene rings is 2. The van der Waals surface area contributed by atoms with E-state index in [1.807, 2.05) is 45.9 Å². The number of ketones is 2. The van der Waals surface area contributed by atoms with Gasteiger partial charge in [0.05, 0.1) is 28.7 Å². The van der Waals surface area contributed by atoms with E-state index < -0.39 is 29.7 Å². The van der Waals surface area contributed by atoms with Gasteiger partial charge in [-0.05, 0) is 91.4 Å². The number of nitrogens with two attached hydrogens (primary N) is 1. The minimum atomic E-state index is -3.53. The highest BCUT2D eigenvalue weighted by Gasteiger charge is 2.54. The van der Waals surface area contributed by atoms with E-state index in [1.165, 1.54) is 12.1 Å². The van der Waals surface area contributed by atoms with E-state index in [9.17, 15) is 26.4 Å². The highest BCUT2D eigenvalue weighted by atomic mass is 35.7. The predicted octanol–water partition coefficient (Wildman–Crippen LogP) is 8.86. The third kappa shape index (κ3) is 9.54. The highest BCUT2D eigenvalue weighted by Crippen LogP contribution is 2.57. The van der Waals surface area contributed by atoms with Gasteiger partial charge in [0.15, 0.2) is 21.4 Å². The van der Waals surface area contributed by atoms with Crippen LogP contribution in [0.1, 0.15) is 80.1 Å². The van der Waals surface area contributed by atoms with E-state index in [1.54, 1.807) is 42.5 Å². The van der Waals surface area contributed by atoms with Crippen LogP contribution in [0.25, 0.3) is 9.69 Å². The van der Waals surface area contributed by atoms with Gasteiger partial charge >= 0.3 is 0 Å². The Balaban J connectivity index is 0.000000240. The number of carbonyl (C=O) groups excluding carboxylic acids is 2. The van der Waals surface area contributed by atoms with Crippen LogP contribution in [0, 0.1) is 52.6 Å². The number of halogens is 2. The topological polar surface area (TPSA) is 137 Å². The molecule has 54 heavy (non-hydrogen) atoms. The molecule has 0 saturated heterocycles. The normalized spacial score (nSPS) is 29.6. The molecule has 2 saturated carbocycles. The molecule has 2 N–H and O–H groups in total. The van der Waals surface area contributed by atoms with Crippen molar-refractivity contribution in [3.05, 3.63) is 107 Å². The zero-order chi connectivity index (χ0) is 39.6. The molecule has 9 nitrogen and oxygen atoms in total. The molecule has 0 amide bonds. The van der Waals surface area contributed by atoms with E-state index in [0.29, 0.717) is 22.9 Å². The summed E-state index contributed by atoms with van der Waals surface area (Å²) in [6, 6.07) is 16.6. The maximum absolute atomic E-state index is 12.7. The van der Waals surface area contributed by atoms with E-state index in [-0.39, 0.29) is 69.0 Å². The maximum atomic E-state index is 12.7. The molecule has 4 aliphatic rings. The van der Waals surface area contributed by atoms with Gasteiger partial charge in [-0.1, -0.05) is 90.1 Å². The fraction of sp³-hybridized carbons (Fsp3) is 0.512. The lowest BCUT2D eigenvalue weighted by atomic mass is 9.52. The summed E-state index contributed by atoms with van der Waals surface area (Å²) in [5, 5.41) is 0. The van der Waals surface area contributed by atoms with E-state index >= 15 is 0 Å². The minimum absolute atomic E-state index is 0. The summed E-state index contributed by atoms with van der Waals surface area (Å²) in [4.78, 5) is 32.2. The Hall–Kier alpha value is -3.32. The SMILES string of the molecule is Cl.O=S(=O)(Cl)c1ccccc1.[C-]#[N+]C1=C[C@]2(C)C[C@@H](CS(=O)(=O)c3ccccc3)CC[C@H]2C(C)(C)C1=O.[C-]#[N+]C1=C[C@]2(C)C[C@@H](N)CC[C@H]2C(C)(C)C1=O. The van der Waals surface area contributed by atoms with E-state index in [0.717, 1.165) is 32.1 Å². The zero-order valence-electron chi connectivity index (χ0n) is 31.7. The number of sulfone groups is 1. The number of hydrogen-bond donors (Lipinski definition) is 1. The first kappa shape index (κ1) is 45.1. The molecule has 0 unspecified atom stereocenters. The first-order chi connectivity index (χ1) is 24.5. The fourth-order valence-electron chi connectivity index (χ4n) is 9.47. The number of nitrogens with zero attached hydrogens (tertiary/aromatic N) is 2. The second-order valence-corrected chi connectivity index (χ2v) is 21.1. The number of allylic oxidation sites excluding steroid dienone is 4. The summed E-state index contributed by atoms with van der Waals surface area (Å²) < 4.78 is 46.7. The Morgan fingerprint density at radius 1 is 0.685 bits per heavy atom. The standard InChI is InChI=1S/C21H25NO3S.C14H20N2O.C6H5ClO2S.ClH/c1-20(2)18-11-10-15(12-21(18,3)13-17(22-4)19(20)23)14-26(24,25)16-8-6-5-7-9-16;1-13(2)11-6-5-9(15)7-14(11,3)8-10(16-4)12(13)17;7-10(8,9)6-4-2-1-3-5-6;/h5-9,13,15,18H,10-12,14H2,1-3H3;8-9,11H,5-7,15H2,1-3H3;1-5H;1H/t15-,18-,21-;9-,11-,14-;;/m00../s1. The van der Waals surface area contributed by atoms with Gasteiger partial charge in [-0.25, -0.2) is 26.5 Å². The molecule has 4 aliphatic carbocycles. The highest BCUT2D eigenvalue weighted by molar-refractivity contribution is 8.13. The minimum Gasteiger partial charge on any atom is -0.328 e. The molecule has 6 atom stereocenters. The summed E-state index contributed by atoms with van der Waals surface area (Å²) in [7, 11) is -1.83. The van der Waals surface area contributed by atoms with Crippen LogP contribution in [0.3, 0.4) is 0 Å². The van der Waals surface area contributed by atoms with Crippen LogP contribution in [-0.2, 0) is 28.5 Å². The van der Waals surface area contributed by atoms with Gasteiger partial charge in [0.2, 0.25) is 11.4 Å². The molecule has 0 aliphatic heterocycles. The van der Waals surface area contributed by atoms with Gasteiger partial charge in [-0.2, -0.15) is 0 Å². The number of hydrogen-bond acceptors (Lipinski definition) is 7. The van der Waals surface area contributed by atoms with E-state index in [4.69, 9.17) is 29.6 Å². The molecule has 13 heteroatoms. The third-order valence-corrected chi connectivity index (χ3v) is 15.1. The third-order valence-electron chi connectivity index (χ3n) is 11.8. The van der Waals surface area contributed by atoms with Crippen LogP contribution >= 0.6 is 23.1 Å². The summed E-state index contributed by atoms with van der Waals surface area (Å²) in [5.74, 6) is 0.537. The Labute approximate surface area is 332 Å². The van der Waals surface area contributed by atoms with Crippen molar-refractivity contribution in [2.24, 2.45) is 45.1 Å². The Kier molecular flexibility index (Phi) is 14.0. The first-order valence-corrected chi connectivity index (χ1v) is 21.8. The van der Waals surface area contributed by atoms with Crippen molar-refractivity contribution in [2.75, 3.05) is 5.75 Å².